The first kappa shape index (κ1) is 26.2. The Morgan fingerprint density at radius 1 is 1.22 bits per heavy atom. The zero-order chi connectivity index (χ0) is 26.2. The van der Waals surface area contributed by atoms with Gasteiger partial charge in [0.25, 0.3) is 5.91 Å². The molecule has 0 spiro atoms. The van der Waals surface area contributed by atoms with E-state index in [-0.39, 0.29) is 44.1 Å². The first-order valence-electron chi connectivity index (χ1n) is 12.2. The van der Waals surface area contributed by atoms with Gasteiger partial charge in [-0.15, -0.1) is 0 Å². The van der Waals surface area contributed by atoms with Crippen LogP contribution in [0.3, 0.4) is 0 Å². The van der Waals surface area contributed by atoms with E-state index < -0.39 is 0 Å². The molecule has 1 aromatic carbocycles. The number of rotatable bonds is 10. The summed E-state index contributed by atoms with van der Waals surface area (Å²) < 4.78 is 5.03. The number of amidine groups is 1. The SMILES string of the molecule is CCCN(OCCNC(=O)NC1COC1)C(=O)C1=Cc2ccc(-c3cnc(CN)nc3)cc2N=C(N)C1. The van der Waals surface area contributed by atoms with Crippen LogP contribution in [0.2, 0.25) is 0 Å². The number of carbonyl (C=O) groups excluding carboxylic acids is 2. The van der Waals surface area contributed by atoms with Crippen LogP contribution in [-0.2, 0) is 20.9 Å². The van der Waals surface area contributed by atoms with Gasteiger partial charge in [0, 0.05) is 48.6 Å². The van der Waals surface area contributed by atoms with Crippen molar-refractivity contribution >= 4 is 29.5 Å². The summed E-state index contributed by atoms with van der Waals surface area (Å²) in [6.07, 6.45) is 6.10. The lowest BCUT2D eigenvalue weighted by Crippen LogP contribution is -2.52. The Hall–Kier alpha value is -3.87. The second-order valence-electron chi connectivity index (χ2n) is 8.69. The van der Waals surface area contributed by atoms with Crippen molar-refractivity contribution in [3.8, 4) is 11.1 Å². The third-order valence-corrected chi connectivity index (χ3v) is 5.75. The van der Waals surface area contributed by atoms with Gasteiger partial charge in [-0.05, 0) is 24.1 Å². The molecule has 2 aromatic rings. The molecule has 1 saturated heterocycles. The number of amides is 3. The van der Waals surface area contributed by atoms with Crippen LogP contribution in [0.25, 0.3) is 17.2 Å². The van der Waals surface area contributed by atoms with Crippen molar-refractivity contribution in [1.29, 1.82) is 0 Å². The largest absolute Gasteiger partial charge is 0.387 e. The van der Waals surface area contributed by atoms with Crippen molar-refractivity contribution in [2.24, 2.45) is 16.5 Å². The number of carbonyl (C=O) groups is 2. The highest BCUT2D eigenvalue weighted by molar-refractivity contribution is 6.05. The van der Waals surface area contributed by atoms with Crippen LogP contribution >= 0.6 is 0 Å². The van der Waals surface area contributed by atoms with Gasteiger partial charge >= 0.3 is 6.03 Å². The zero-order valence-electron chi connectivity index (χ0n) is 20.8. The van der Waals surface area contributed by atoms with Gasteiger partial charge in [0.2, 0.25) is 0 Å². The average Bonchev–Trinajstić information content (AvgIpc) is 3.05. The molecule has 196 valence electrons. The highest BCUT2D eigenvalue weighted by Crippen LogP contribution is 2.31. The summed E-state index contributed by atoms with van der Waals surface area (Å²) >= 11 is 0. The molecule has 0 unspecified atom stereocenters. The molecule has 0 atom stereocenters. The highest BCUT2D eigenvalue weighted by atomic mass is 16.7. The lowest BCUT2D eigenvalue weighted by molar-refractivity contribution is -0.181. The van der Waals surface area contributed by atoms with E-state index >= 15 is 0 Å². The van der Waals surface area contributed by atoms with Gasteiger partial charge < -0.3 is 26.8 Å². The molecule has 3 amide bonds. The van der Waals surface area contributed by atoms with E-state index in [1.54, 1.807) is 18.5 Å². The van der Waals surface area contributed by atoms with Gasteiger partial charge in [-0.1, -0.05) is 19.1 Å². The Balaban J connectivity index is 1.43. The van der Waals surface area contributed by atoms with Crippen molar-refractivity contribution in [3.05, 3.63) is 47.6 Å². The molecule has 37 heavy (non-hydrogen) atoms. The topological polar surface area (TPSA) is 170 Å². The maximum Gasteiger partial charge on any atom is 0.315 e. The fraction of sp³-hybridized carbons (Fsp3) is 0.400. The number of aliphatic imine (C=N–C) groups is 1. The van der Waals surface area contributed by atoms with Gasteiger partial charge in [-0.25, -0.2) is 24.8 Å². The number of ether oxygens (including phenoxy) is 1. The Morgan fingerprint density at radius 2 is 2.00 bits per heavy atom. The fourth-order valence-electron chi connectivity index (χ4n) is 3.78. The van der Waals surface area contributed by atoms with Crippen molar-refractivity contribution < 1.29 is 19.2 Å². The molecule has 12 nitrogen and oxygen atoms in total. The summed E-state index contributed by atoms with van der Waals surface area (Å²) in [5.41, 5.74) is 15.3. The lowest BCUT2D eigenvalue weighted by Gasteiger charge is -2.27. The molecular formula is C25H32N8O4. The maximum atomic E-state index is 13.3. The number of hydrogen-bond donors (Lipinski definition) is 4. The minimum Gasteiger partial charge on any atom is -0.387 e. The van der Waals surface area contributed by atoms with E-state index in [2.05, 4.69) is 25.6 Å². The van der Waals surface area contributed by atoms with Gasteiger partial charge in [0.05, 0.1) is 38.1 Å². The van der Waals surface area contributed by atoms with Crippen LogP contribution in [-0.4, -0.2) is 71.8 Å². The second-order valence-corrected chi connectivity index (χ2v) is 8.69. The molecule has 0 saturated carbocycles. The van der Waals surface area contributed by atoms with E-state index in [0.29, 0.717) is 49.1 Å². The number of fused-ring (bicyclic) bond motifs is 1. The Kier molecular flexibility index (Phi) is 8.77. The number of hydroxylamine groups is 2. The number of nitrogens with one attached hydrogen (secondary N) is 2. The zero-order valence-corrected chi connectivity index (χ0v) is 20.8. The smallest absolute Gasteiger partial charge is 0.315 e. The van der Waals surface area contributed by atoms with Crippen molar-refractivity contribution in [2.45, 2.75) is 32.4 Å². The van der Waals surface area contributed by atoms with Gasteiger partial charge in [0.15, 0.2) is 0 Å². The number of urea groups is 1. The number of benzene rings is 1. The molecule has 2 aliphatic heterocycles. The summed E-state index contributed by atoms with van der Waals surface area (Å²) in [4.78, 5) is 44.0. The summed E-state index contributed by atoms with van der Waals surface area (Å²) in [5.74, 6) is 0.590. The van der Waals surface area contributed by atoms with Gasteiger partial charge in [-0.3, -0.25) is 9.63 Å². The number of hydrogen-bond acceptors (Lipinski definition) is 9. The highest BCUT2D eigenvalue weighted by Gasteiger charge is 2.23. The number of aromatic nitrogens is 2. The van der Waals surface area contributed by atoms with Crippen LogP contribution in [0, 0.1) is 0 Å². The maximum absolute atomic E-state index is 13.3. The molecule has 2 aliphatic rings. The molecular weight excluding hydrogens is 476 g/mol. The Labute approximate surface area is 215 Å². The minimum absolute atomic E-state index is 0.0392. The lowest BCUT2D eigenvalue weighted by atomic mass is 10.0. The Morgan fingerprint density at radius 3 is 2.68 bits per heavy atom. The van der Waals surface area contributed by atoms with Crippen LogP contribution in [0.5, 0.6) is 0 Å². The van der Waals surface area contributed by atoms with Gasteiger partial charge in [0.1, 0.15) is 11.7 Å². The molecule has 0 radical (unpaired) electrons. The molecule has 0 aliphatic carbocycles. The molecule has 0 bridgehead atoms. The third kappa shape index (κ3) is 6.88. The van der Waals surface area contributed by atoms with Crippen molar-refractivity contribution in [1.82, 2.24) is 25.7 Å². The van der Waals surface area contributed by atoms with Crippen LogP contribution in [0.15, 0.2) is 41.2 Å². The third-order valence-electron chi connectivity index (χ3n) is 5.75. The van der Waals surface area contributed by atoms with E-state index in [1.165, 1.54) is 5.06 Å². The van der Waals surface area contributed by atoms with Crippen LogP contribution in [0.4, 0.5) is 10.5 Å². The summed E-state index contributed by atoms with van der Waals surface area (Å²) in [6, 6.07) is 5.44. The average molecular weight is 509 g/mol. The minimum atomic E-state index is -0.293. The van der Waals surface area contributed by atoms with E-state index in [1.807, 2.05) is 25.1 Å². The first-order chi connectivity index (χ1) is 18.0. The van der Waals surface area contributed by atoms with Crippen molar-refractivity contribution in [3.63, 3.8) is 0 Å². The predicted molar refractivity (Wildman–Crippen MR) is 138 cm³/mol. The molecule has 1 fully saturated rings. The second kappa shape index (κ2) is 12.4. The first-order valence-corrected chi connectivity index (χ1v) is 12.2. The number of nitrogens with two attached hydrogens (primary N) is 2. The summed E-state index contributed by atoms with van der Waals surface area (Å²) in [7, 11) is 0. The monoisotopic (exact) mass is 508 g/mol. The van der Waals surface area contributed by atoms with E-state index in [9.17, 15) is 9.59 Å². The quantitative estimate of drug-likeness (QED) is 0.274. The predicted octanol–water partition coefficient (Wildman–Crippen LogP) is 1.25. The van der Waals surface area contributed by atoms with Gasteiger partial charge in [-0.2, -0.15) is 0 Å². The summed E-state index contributed by atoms with van der Waals surface area (Å²) in [6.45, 7) is 4.04. The molecule has 12 heteroatoms. The molecule has 3 heterocycles. The van der Waals surface area contributed by atoms with E-state index in [4.69, 9.17) is 21.0 Å². The van der Waals surface area contributed by atoms with E-state index in [0.717, 1.165) is 16.7 Å². The standard InChI is InChI=1S/C25H32N8O4/c1-2-6-33(37-7-5-28-25(35)31-20-14-36-15-20)24(34)18-8-17-4-3-16(9-21(17)32-22(27)10-18)19-12-29-23(11-26)30-13-19/h3-4,8-9,12-13,20H,2,5-7,10-11,14-15,26H2,1H3,(H2,27,32)(H2,28,31,35). The fourth-order valence-corrected chi connectivity index (χ4v) is 3.78. The van der Waals surface area contributed by atoms with Crippen molar-refractivity contribution in [2.75, 3.05) is 32.9 Å². The summed E-state index contributed by atoms with van der Waals surface area (Å²) in [5, 5.41) is 6.81. The number of nitrogens with zero attached hydrogens (tertiary/aromatic N) is 4. The molecule has 1 aromatic heterocycles. The molecule has 6 N–H and O–H groups in total. The molecule has 4 rings (SSSR count). The normalized spacial score (nSPS) is 15.0. The Bertz CT molecular complexity index is 1180. The van der Waals surface area contributed by atoms with Crippen LogP contribution < -0.4 is 22.1 Å². The van der Waals surface area contributed by atoms with Crippen LogP contribution in [0.1, 0.15) is 31.2 Å².